The molecule has 2 amide bonds. The molecule has 0 aliphatic carbocycles. The van der Waals surface area contributed by atoms with E-state index in [4.69, 9.17) is 9.57 Å². The number of nitrogens with one attached hydrogen (secondary N) is 2. The summed E-state index contributed by atoms with van der Waals surface area (Å²) in [7, 11) is 0. The van der Waals surface area contributed by atoms with E-state index < -0.39 is 18.4 Å². The van der Waals surface area contributed by atoms with Crippen LogP contribution in [0.3, 0.4) is 0 Å². The fourth-order valence-corrected chi connectivity index (χ4v) is 3.40. The van der Waals surface area contributed by atoms with Gasteiger partial charge < -0.3 is 15.2 Å². The molecule has 3 aliphatic rings. The molecule has 0 aromatic heterocycles. The molecule has 4 unspecified atom stereocenters. The molecular formula is C13H21N3O5. The monoisotopic (exact) mass is 299 g/mol. The molecule has 3 aliphatic heterocycles. The third-order valence-electron chi connectivity index (χ3n) is 4.44. The highest BCUT2D eigenvalue weighted by atomic mass is 16.8. The van der Waals surface area contributed by atoms with Gasteiger partial charge in [-0.3, -0.25) is 9.69 Å². The zero-order chi connectivity index (χ0) is 14.8. The number of piperazine rings is 1. The number of carbonyl (C=O) groups is 2. The third kappa shape index (κ3) is 2.97. The SMILES string of the molecule is O=C(NOC1CCCCO1)C1NCC2CCC1N2C(=O)O. The van der Waals surface area contributed by atoms with Crippen molar-refractivity contribution in [2.75, 3.05) is 13.2 Å². The van der Waals surface area contributed by atoms with Gasteiger partial charge in [-0.1, -0.05) is 0 Å². The molecule has 3 saturated heterocycles. The van der Waals surface area contributed by atoms with Crippen LogP contribution in [-0.2, 0) is 14.4 Å². The predicted octanol–water partition coefficient (Wildman–Crippen LogP) is 0.0436. The minimum Gasteiger partial charge on any atom is -0.465 e. The summed E-state index contributed by atoms with van der Waals surface area (Å²) in [6, 6.07) is -0.917. The predicted molar refractivity (Wildman–Crippen MR) is 71.3 cm³/mol. The van der Waals surface area contributed by atoms with Crippen molar-refractivity contribution >= 4 is 12.0 Å². The molecule has 0 aromatic rings. The topological polar surface area (TPSA) is 100 Å². The van der Waals surface area contributed by atoms with Crippen molar-refractivity contribution < 1.29 is 24.3 Å². The van der Waals surface area contributed by atoms with Gasteiger partial charge in [0.05, 0.1) is 6.04 Å². The van der Waals surface area contributed by atoms with E-state index in [1.807, 2.05) is 0 Å². The number of rotatable bonds is 3. The van der Waals surface area contributed by atoms with E-state index in [9.17, 15) is 14.7 Å². The van der Waals surface area contributed by atoms with Gasteiger partial charge in [0, 0.05) is 25.6 Å². The Hall–Kier alpha value is -1.38. The average Bonchev–Trinajstić information content (AvgIpc) is 2.80. The van der Waals surface area contributed by atoms with Crippen LogP contribution in [0.25, 0.3) is 0 Å². The van der Waals surface area contributed by atoms with Crippen molar-refractivity contribution in [3.63, 3.8) is 0 Å². The van der Waals surface area contributed by atoms with Gasteiger partial charge in [-0.15, -0.1) is 0 Å². The lowest BCUT2D eigenvalue weighted by Crippen LogP contribution is -2.64. The van der Waals surface area contributed by atoms with E-state index in [1.54, 1.807) is 0 Å². The lowest BCUT2D eigenvalue weighted by molar-refractivity contribution is -0.202. The van der Waals surface area contributed by atoms with Gasteiger partial charge >= 0.3 is 6.09 Å². The molecule has 8 heteroatoms. The summed E-state index contributed by atoms with van der Waals surface area (Å²) in [6.07, 6.45) is 2.90. The second kappa shape index (κ2) is 6.17. The summed E-state index contributed by atoms with van der Waals surface area (Å²) in [6.45, 7) is 1.14. The first kappa shape index (κ1) is 14.6. The Balaban J connectivity index is 1.55. The minimum absolute atomic E-state index is 0.0286. The van der Waals surface area contributed by atoms with Crippen LogP contribution in [0, 0.1) is 0 Å². The molecule has 0 radical (unpaired) electrons. The first-order chi connectivity index (χ1) is 10.2. The molecular weight excluding hydrogens is 278 g/mol. The molecule has 2 bridgehead atoms. The fourth-order valence-electron chi connectivity index (χ4n) is 3.40. The average molecular weight is 299 g/mol. The first-order valence-corrected chi connectivity index (χ1v) is 7.48. The molecule has 118 valence electrons. The Bertz CT molecular complexity index is 413. The van der Waals surface area contributed by atoms with Crippen LogP contribution >= 0.6 is 0 Å². The Kier molecular flexibility index (Phi) is 4.27. The van der Waals surface area contributed by atoms with Crippen LogP contribution < -0.4 is 10.8 Å². The highest BCUT2D eigenvalue weighted by molar-refractivity contribution is 5.83. The van der Waals surface area contributed by atoms with Crippen LogP contribution in [-0.4, -0.2) is 59.6 Å². The van der Waals surface area contributed by atoms with Crippen LogP contribution in [0.5, 0.6) is 0 Å². The lowest BCUT2D eigenvalue weighted by Gasteiger charge is -2.38. The Morgan fingerprint density at radius 2 is 2.14 bits per heavy atom. The maximum Gasteiger partial charge on any atom is 0.407 e. The standard InChI is InChI=1S/C13H21N3O5/c17-12(15-21-10-3-1-2-6-20-10)11-9-5-4-8(7-14-11)16(9)13(18)19/h8-11,14H,1-7H2,(H,15,17)(H,18,19). The van der Waals surface area contributed by atoms with Gasteiger partial charge in [0.2, 0.25) is 0 Å². The normalized spacial score (nSPS) is 35.5. The number of fused-ring (bicyclic) bond motifs is 2. The Labute approximate surface area is 122 Å². The fraction of sp³-hybridized carbons (Fsp3) is 0.846. The molecule has 0 saturated carbocycles. The summed E-state index contributed by atoms with van der Waals surface area (Å²) in [4.78, 5) is 30.2. The van der Waals surface area contributed by atoms with Crippen molar-refractivity contribution in [3.05, 3.63) is 0 Å². The second-order valence-corrected chi connectivity index (χ2v) is 5.75. The minimum atomic E-state index is -0.960. The molecule has 0 aromatic carbocycles. The number of hydroxylamine groups is 1. The number of carboxylic acid groups (broad SMARTS) is 1. The van der Waals surface area contributed by atoms with Crippen molar-refractivity contribution in [1.82, 2.24) is 15.7 Å². The van der Waals surface area contributed by atoms with Crippen molar-refractivity contribution in [2.45, 2.75) is 56.5 Å². The van der Waals surface area contributed by atoms with Crippen LogP contribution in [0.1, 0.15) is 32.1 Å². The maximum absolute atomic E-state index is 12.2. The molecule has 3 heterocycles. The smallest absolute Gasteiger partial charge is 0.407 e. The van der Waals surface area contributed by atoms with Crippen LogP contribution in [0.4, 0.5) is 4.79 Å². The third-order valence-corrected chi connectivity index (χ3v) is 4.44. The number of ether oxygens (including phenoxy) is 1. The van der Waals surface area contributed by atoms with E-state index in [0.717, 1.165) is 25.7 Å². The van der Waals surface area contributed by atoms with Gasteiger partial charge in [0.25, 0.3) is 5.91 Å². The molecule has 21 heavy (non-hydrogen) atoms. The molecule has 3 fully saturated rings. The Morgan fingerprint density at radius 3 is 2.86 bits per heavy atom. The maximum atomic E-state index is 12.2. The van der Waals surface area contributed by atoms with Gasteiger partial charge in [-0.05, 0) is 25.7 Å². The van der Waals surface area contributed by atoms with Crippen LogP contribution in [0.15, 0.2) is 0 Å². The second-order valence-electron chi connectivity index (χ2n) is 5.75. The van der Waals surface area contributed by atoms with Crippen molar-refractivity contribution in [1.29, 1.82) is 0 Å². The Morgan fingerprint density at radius 1 is 1.29 bits per heavy atom. The number of carbonyl (C=O) groups excluding carboxylic acids is 1. The van der Waals surface area contributed by atoms with Crippen molar-refractivity contribution in [3.8, 4) is 0 Å². The number of nitrogens with zero attached hydrogens (tertiary/aromatic N) is 1. The van der Waals surface area contributed by atoms with Gasteiger partial charge in [0.1, 0.15) is 6.04 Å². The lowest BCUT2D eigenvalue weighted by atomic mass is 10.1. The highest BCUT2D eigenvalue weighted by Crippen LogP contribution is 2.30. The zero-order valence-electron chi connectivity index (χ0n) is 11.8. The highest BCUT2D eigenvalue weighted by Gasteiger charge is 2.47. The zero-order valence-corrected chi connectivity index (χ0v) is 11.8. The summed E-state index contributed by atoms with van der Waals surface area (Å²) < 4.78 is 5.37. The number of amides is 2. The summed E-state index contributed by atoms with van der Waals surface area (Å²) >= 11 is 0. The van der Waals surface area contributed by atoms with E-state index in [2.05, 4.69) is 10.8 Å². The number of hydrogen-bond donors (Lipinski definition) is 3. The van der Waals surface area contributed by atoms with Crippen molar-refractivity contribution in [2.24, 2.45) is 0 Å². The summed E-state index contributed by atoms with van der Waals surface area (Å²) in [5.41, 5.74) is 2.42. The van der Waals surface area contributed by atoms with E-state index >= 15 is 0 Å². The molecule has 3 N–H and O–H groups in total. The van der Waals surface area contributed by atoms with Gasteiger partial charge in [-0.2, -0.15) is 0 Å². The summed E-state index contributed by atoms with van der Waals surface area (Å²) in [5.74, 6) is -0.333. The van der Waals surface area contributed by atoms with E-state index in [-0.39, 0.29) is 18.0 Å². The van der Waals surface area contributed by atoms with Gasteiger partial charge in [-0.25, -0.2) is 15.1 Å². The molecule has 3 rings (SSSR count). The molecule has 0 spiro atoms. The largest absolute Gasteiger partial charge is 0.465 e. The quantitative estimate of drug-likeness (QED) is 0.636. The number of hydrogen-bond acceptors (Lipinski definition) is 5. The van der Waals surface area contributed by atoms with E-state index in [1.165, 1.54) is 4.90 Å². The molecule has 4 atom stereocenters. The van der Waals surface area contributed by atoms with Crippen LogP contribution in [0.2, 0.25) is 0 Å². The van der Waals surface area contributed by atoms with Gasteiger partial charge in [0.15, 0.2) is 6.29 Å². The first-order valence-electron chi connectivity index (χ1n) is 7.48. The summed E-state index contributed by atoms with van der Waals surface area (Å²) in [5, 5.41) is 12.4. The van der Waals surface area contributed by atoms with E-state index in [0.29, 0.717) is 19.6 Å². The molecule has 8 nitrogen and oxygen atoms in total.